The maximum atomic E-state index is 5.40. The van der Waals surface area contributed by atoms with Gasteiger partial charge in [-0.15, -0.1) is 0 Å². The van der Waals surface area contributed by atoms with Crippen LogP contribution in [0.25, 0.3) is 5.69 Å². The van der Waals surface area contributed by atoms with Crippen molar-refractivity contribution in [1.29, 1.82) is 0 Å². The SMILES string of the molecule is CCOc1ccc(-n2ncnc2CNC)cc1. The van der Waals surface area contributed by atoms with Gasteiger partial charge in [0, 0.05) is 0 Å². The van der Waals surface area contributed by atoms with Crippen LogP contribution < -0.4 is 10.1 Å². The van der Waals surface area contributed by atoms with Crippen molar-refractivity contribution in [2.24, 2.45) is 0 Å². The zero-order valence-corrected chi connectivity index (χ0v) is 10.1. The summed E-state index contributed by atoms with van der Waals surface area (Å²) in [5.74, 6) is 1.75. The first kappa shape index (κ1) is 11.6. The van der Waals surface area contributed by atoms with Gasteiger partial charge in [-0.1, -0.05) is 0 Å². The second-order valence-electron chi connectivity index (χ2n) is 3.55. The monoisotopic (exact) mass is 232 g/mol. The van der Waals surface area contributed by atoms with E-state index in [0.717, 1.165) is 17.3 Å². The minimum atomic E-state index is 0.674. The first-order chi connectivity index (χ1) is 8.35. The Morgan fingerprint density at radius 1 is 1.29 bits per heavy atom. The van der Waals surface area contributed by atoms with E-state index in [4.69, 9.17) is 4.74 Å². The summed E-state index contributed by atoms with van der Waals surface area (Å²) in [6.45, 7) is 3.33. The lowest BCUT2D eigenvalue weighted by Gasteiger charge is -2.07. The Labute approximate surface area is 100 Å². The van der Waals surface area contributed by atoms with Crippen molar-refractivity contribution < 1.29 is 4.74 Å². The lowest BCUT2D eigenvalue weighted by atomic mass is 10.3. The molecule has 0 unspecified atom stereocenters. The molecule has 0 saturated heterocycles. The molecule has 2 rings (SSSR count). The Morgan fingerprint density at radius 3 is 2.71 bits per heavy atom. The molecule has 0 aliphatic rings. The van der Waals surface area contributed by atoms with Gasteiger partial charge in [0.2, 0.25) is 0 Å². The highest BCUT2D eigenvalue weighted by molar-refractivity contribution is 5.37. The van der Waals surface area contributed by atoms with Gasteiger partial charge < -0.3 is 10.1 Å². The minimum Gasteiger partial charge on any atom is -0.494 e. The Kier molecular flexibility index (Phi) is 3.72. The number of rotatable bonds is 5. The van der Waals surface area contributed by atoms with Gasteiger partial charge in [-0.2, -0.15) is 5.10 Å². The molecule has 1 aromatic carbocycles. The molecular formula is C12H16N4O. The highest BCUT2D eigenvalue weighted by Gasteiger charge is 2.05. The summed E-state index contributed by atoms with van der Waals surface area (Å²) < 4.78 is 7.21. The molecule has 0 aliphatic heterocycles. The van der Waals surface area contributed by atoms with E-state index in [0.29, 0.717) is 13.2 Å². The quantitative estimate of drug-likeness (QED) is 0.846. The highest BCUT2D eigenvalue weighted by Crippen LogP contribution is 2.15. The van der Waals surface area contributed by atoms with Crippen molar-refractivity contribution >= 4 is 0 Å². The van der Waals surface area contributed by atoms with Crippen LogP contribution in [0.3, 0.4) is 0 Å². The predicted molar refractivity (Wildman–Crippen MR) is 65.3 cm³/mol. The van der Waals surface area contributed by atoms with E-state index in [1.165, 1.54) is 0 Å². The number of benzene rings is 1. The van der Waals surface area contributed by atoms with Crippen LogP contribution in [-0.4, -0.2) is 28.4 Å². The Balaban J connectivity index is 2.23. The molecule has 0 bridgehead atoms. The second-order valence-corrected chi connectivity index (χ2v) is 3.55. The number of hydrogen-bond donors (Lipinski definition) is 1. The topological polar surface area (TPSA) is 52.0 Å². The number of ether oxygens (including phenoxy) is 1. The molecule has 2 aromatic rings. The van der Waals surface area contributed by atoms with Crippen LogP contribution in [0.4, 0.5) is 0 Å². The van der Waals surface area contributed by atoms with Crippen molar-refractivity contribution in [3.8, 4) is 11.4 Å². The Hall–Kier alpha value is -1.88. The smallest absolute Gasteiger partial charge is 0.146 e. The van der Waals surface area contributed by atoms with Crippen LogP contribution in [0.1, 0.15) is 12.7 Å². The van der Waals surface area contributed by atoms with Crippen molar-refractivity contribution in [3.05, 3.63) is 36.4 Å². The first-order valence-electron chi connectivity index (χ1n) is 5.62. The summed E-state index contributed by atoms with van der Waals surface area (Å²) in [6, 6.07) is 7.81. The highest BCUT2D eigenvalue weighted by atomic mass is 16.5. The predicted octanol–water partition coefficient (Wildman–Crippen LogP) is 1.39. The molecule has 0 amide bonds. The molecule has 0 fully saturated rings. The molecule has 0 atom stereocenters. The van der Waals surface area contributed by atoms with Crippen molar-refractivity contribution in [1.82, 2.24) is 20.1 Å². The van der Waals surface area contributed by atoms with E-state index in [9.17, 15) is 0 Å². The second kappa shape index (κ2) is 5.45. The average molecular weight is 232 g/mol. The van der Waals surface area contributed by atoms with Crippen LogP contribution in [0.15, 0.2) is 30.6 Å². The van der Waals surface area contributed by atoms with Crippen LogP contribution in [-0.2, 0) is 6.54 Å². The molecule has 0 saturated carbocycles. The first-order valence-corrected chi connectivity index (χ1v) is 5.62. The molecule has 17 heavy (non-hydrogen) atoms. The lowest BCUT2D eigenvalue weighted by Crippen LogP contribution is -2.12. The molecule has 5 heteroatoms. The van der Waals surface area contributed by atoms with Crippen LogP contribution in [0.5, 0.6) is 5.75 Å². The van der Waals surface area contributed by atoms with E-state index >= 15 is 0 Å². The van der Waals surface area contributed by atoms with Crippen LogP contribution in [0, 0.1) is 0 Å². The zero-order valence-electron chi connectivity index (χ0n) is 10.1. The van der Waals surface area contributed by atoms with Gasteiger partial charge in [0.15, 0.2) is 0 Å². The summed E-state index contributed by atoms with van der Waals surface area (Å²) in [5, 5.41) is 7.27. The standard InChI is InChI=1S/C12H16N4O/c1-3-17-11-6-4-10(5-7-11)16-12(8-13-2)14-9-15-16/h4-7,9,13H,3,8H2,1-2H3. The molecule has 5 nitrogen and oxygen atoms in total. The van der Waals surface area contributed by atoms with Gasteiger partial charge in [0.1, 0.15) is 17.9 Å². The lowest BCUT2D eigenvalue weighted by molar-refractivity contribution is 0.340. The van der Waals surface area contributed by atoms with Gasteiger partial charge in [-0.25, -0.2) is 9.67 Å². The van der Waals surface area contributed by atoms with E-state index in [-0.39, 0.29) is 0 Å². The fourth-order valence-electron chi connectivity index (χ4n) is 1.61. The van der Waals surface area contributed by atoms with Gasteiger partial charge in [0.05, 0.1) is 18.8 Å². The Bertz CT molecular complexity index is 464. The maximum absolute atomic E-state index is 5.40. The van der Waals surface area contributed by atoms with Gasteiger partial charge in [-0.05, 0) is 38.2 Å². The molecule has 1 N–H and O–H groups in total. The van der Waals surface area contributed by atoms with Crippen LogP contribution in [0.2, 0.25) is 0 Å². The zero-order chi connectivity index (χ0) is 12.1. The van der Waals surface area contributed by atoms with Gasteiger partial charge in [0.25, 0.3) is 0 Å². The molecule has 1 heterocycles. The average Bonchev–Trinajstić information content (AvgIpc) is 2.79. The largest absolute Gasteiger partial charge is 0.494 e. The fraction of sp³-hybridized carbons (Fsp3) is 0.333. The number of nitrogens with zero attached hydrogens (tertiary/aromatic N) is 3. The molecule has 0 aliphatic carbocycles. The summed E-state index contributed by atoms with van der Waals surface area (Å²) in [6.07, 6.45) is 1.56. The molecule has 90 valence electrons. The van der Waals surface area contributed by atoms with Crippen LogP contribution >= 0.6 is 0 Å². The molecule has 0 spiro atoms. The van der Waals surface area contributed by atoms with E-state index in [1.807, 2.05) is 42.9 Å². The van der Waals surface area contributed by atoms with E-state index < -0.39 is 0 Å². The molecule has 1 aromatic heterocycles. The van der Waals surface area contributed by atoms with Gasteiger partial charge >= 0.3 is 0 Å². The third kappa shape index (κ3) is 2.62. The van der Waals surface area contributed by atoms with Crippen molar-refractivity contribution in [3.63, 3.8) is 0 Å². The van der Waals surface area contributed by atoms with E-state index in [1.54, 1.807) is 6.33 Å². The number of hydrogen-bond acceptors (Lipinski definition) is 4. The minimum absolute atomic E-state index is 0.674. The molecule has 0 radical (unpaired) electrons. The molecular weight excluding hydrogens is 216 g/mol. The number of aromatic nitrogens is 3. The van der Waals surface area contributed by atoms with E-state index in [2.05, 4.69) is 15.4 Å². The summed E-state index contributed by atoms with van der Waals surface area (Å²) in [7, 11) is 1.89. The summed E-state index contributed by atoms with van der Waals surface area (Å²) in [4.78, 5) is 4.20. The third-order valence-electron chi connectivity index (χ3n) is 2.35. The number of nitrogens with one attached hydrogen (secondary N) is 1. The maximum Gasteiger partial charge on any atom is 0.146 e. The fourth-order valence-corrected chi connectivity index (χ4v) is 1.61. The summed E-state index contributed by atoms with van der Waals surface area (Å²) in [5.41, 5.74) is 0.983. The van der Waals surface area contributed by atoms with Crippen molar-refractivity contribution in [2.75, 3.05) is 13.7 Å². The normalized spacial score (nSPS) is 10.5. The van der Waals surface area contributed by atoms with Crippen molar-refractivity contribution in [2.45, 2.75) is 13.5 Å². The Morgan fingerprint density at radius 2 is 2.06 bits per heavy atom. The third-order valence-corrected chi connectivity index (χ3v) is 2.35. The summed E-state index contributed by atoms with van der Waals surface area (Å²) >= 11 is 0. The van der Waals surface area contributed by atoms with Gasteiger partial charge in [-0.3, -0.25) is 0 Å².